The Kier molecular flexibility index (Phi) is 3.81. The van der Waals surface area contributed by atoms with Gasteiger partial charge in [0.2, 0.25) is 0 Å². The van der Waals surface area contributed by atoms with E-state index in [0.717, 1.165) is 26.4 Å². The highest BCUT2D eigenvalue weighted by molar-refractivity contribution is 9.10. The molecule has 0 unspecified atom stereocenters. The molecule has 1 N–H and O–H groups in total. The largest absolute Gasteiger partial charge is 0.266 e. The molecule has 3 nitrogen and oxygen atoms in total. The molecule has 0 spiro atoms. The van der Waals surface area contributed by atoms with Crippen molar-refractivity contribution in [2.75, 3.05) is 0 Å². The minimum atomic E-state index is 0.536. The van der Waals surface area contributed by atoms with E-state index in [-0.39, 0.29) is 0 Å². The third-order valence-corrected chi connectivity index (χ3v) is 5.06. The van der Waals surface area contributed by atoms with E-state index in [2.05, 4.69) is 26.1 Å². The molecule has 0 radical (unpaired) electrons. The molecule has 0 atom stereocenters. The van der Waals surface area contributed by atoms with Gasteiger partial charge in [-0.05, 0) is 64.2 Å². The van der Waals surface area contributed by atoms with Gasteiger partial charge in [0.1, 0.15) is 0 Å². The Labute approximate surface area is 138 Å². The summed E-state index contributed by atoms with van der Waals surface area (Å²) in [6.45, 7) is 1.96. The number of benzene rings is 1. The second kappa shape index (κ2) is 5.44. The van der Waals surface area contributed by atoms with E-state index in [4.69, 9.17) is 23.8 Å². The lowest BCUT2D eigenvalue weighted by molar-refractivity contribution is 1.03. The van der Waals surface area contributed by atoms with Gasteiger partial charge in [-0.25, -0.2) is 0 Å². The predicted octanol–water partition coefficient (Wildman–Crippen LogP) is 5.38. The third kappa shape index (κ3) is 2.37. The third-order valence-electron chi connectivity index (χ3n) is 2.88. The number of H-pyrrole nitrogens is 1. The maximum absolute atomic E-state index is 6.24. The number of aryl methyl sites for hydroxylation is 1. The molecule has 2 heterocycles. The van der Waals surface area contributed by atoms with Gasteiger partial charge in [-0.15, -0.1) is 11.3 Å². The molecule has 0 saturated heterocycles. The van der Waals surface area contributed by atoms with Crippen LogP contribution < -0.4 is 0 Å². The number of aromatic amines is 1. The van der Waals surface area contributed by atoms with Gasteiger partial charge in [0, 0.05) is 9.50 Å². The number of nitrogens with one attached hydrogen (secondary N) is 1. The van der Waals surface area contributed by atoms with E-state index in [1.165, 1.54) is 0 Å². The normalized spacial score (nSPS) is 10.9. The lowest BCUT2D eigenvalue weighted by atomic mass is 10.2. The molecule has 102 valence electrons. The highest BCUT2D eigenvalue weighted by atomic mass is 79.9. The first-order valence-corrected chi connectivity index (χ1v) is 8.21. The molecular formula is C13H9BrClN3S2. The Morgan fingerprint density at radius 1 is 1.45 bits per heavy atom. The van der Waals surface area contributed by atoms with Crippen LogP contribution in [0.4, 0.5) is 0 Å². The lowest BCUT2D eigenvalue weighted by Gasteiger charge is -2.10. The van der Waals surface area contributed by atoms with Crippen molar-refractivity contribution in [3.05, 3.63) is 49.5 Å². The Morgan fingerprint density at radius 3 is 2.95 bits per heavy atom. The number of hydrogen-bond donors (Lipinski definition) is 1. The molecule has 3 aromatic rings. The summed E-state index contributed by atoms with van der Waals surface area (Å²) in [4.78, 5) is 1.04. The molecule has 0 amide bonds. The number of nitrogens with zero attached hydrogens (tertiary/aromatic N) is 2. The highest BCUT2D eigenvalue weighted by Crippen LogP contribution is 2.32. The summed E-state index contributed by atoms with van der Waals surface area (Å²) in [5.41, 5.74) is 1.89. The van der Waals surface area contributed by atoms with E-state index in [1.54, 1.807) is 11.3 Å². The number of hydrogen-bond acceptors (Lipinski definition) is 3. The quantitative estimate of drug-likeness (QED) is 0.600. The number of halogens is 2. The zero-order valence-corrected chi connectivity index (χ0v) is 14.3. The van der Waals surface area contributed by atoms with Crippen LogP contribution in [0.15, 0.2) is 34.1 Å². The SMILES string of the molecule is Cc1cc(Br)c(-n2c(-c3cccs3)n[nH]c2=S)cc1Cl. The fourth-order valence-electron chi connectivity index (χ4n) is 1.90. The van der Waals surface area contributed by atoms with Crippen molar-refractivity contribution in [1.82, 2.24) is 14.8 Å². The summed E-state index contributed by atoms with van der Waals surface area (Å²) < 4.78 is 3.35. The summed E-state index contributed by atoms with van der Waals surface area (Å²) in [6, 6.07) is 7.86. The fourth-order valence-corrected chi connectivity index (χ4v) is 3.63. The molecule has 0 fully saturated rings. The average Bonchev–Trinajstić information content (AvgIpc) is 3.03. The zero-order chi connectivity index (χ0) is 14.3. The van der Waals surface area contributed by atoms with E-state index in [1.807, 2.05) is 41.1 Å². The molecule has 0 aliphatic carbocycles. The molecule has 7 heteroatoms. The predicted molar refractivity (Wildman–Crippen MR) is 89.5 cm³/mol. The second-order valence-electron chi connectivity index (χ2n) is 4.22. The minimum Gasteiger partial charge on any atom is -0.266 e. The molecular weight excluding hydrogens is 378 g/mol. The van der Waals surface area contributed by atoms with Crippen LogP contribution in [-0.4, -0.2) is 14.8 Å². The van der Waals surface area contributed by atoms with E-state index in [9.17, 15) is 0 Å². The monoisotopic (exact) mass is 385 g/mol. The highest BCUT2D eigenvalue weighted by Gasteiger charge is 2.15. The summed E-state index contributed by atoms with van der Waals surface area (Å²) in [7, 11) is 0. The van der Waals surface area contributed by atoms with Crippen molar-refractivity contribution in [3.8, 4) is 16.4 Å². The lowest BCUT2D eigenvalue weighted by Crippen LogP contribution is -1.99. The second-order valence-corrected chi connectivity index (χ2v) is 6.81. The molecule has 20 heavy (non-hydrogen) atoms. The van der Waals surface area contributed by atoms with E-state index >= 15 is 0 Å². The van der Waals surface area contributed by atoms with Crippen LogP contribution in [0.3, 0.4) is 0 Å². The van der Waals surface area contributed by atoms with Gasteiger partial charge in [0.25, 0.3) is 0 Å². The average molecular weight is 387 g/mol. The van der Waals surface area contributed by atoms with Crippen molar-refractivity contribution in [1.29, 1.82) is 0 Å². The standard InChI is InChI=1S/C13H9BrClN3S2/c1-7-5-8(14)10(6-9(7)15)18-12(16-17-13(18)19)11-3-2-4-20-11/h2-6H,1H3,(H,17,19). The van der Waals surface area contributed by atoms with Crippen molar-refractivity contribution in [2.45, 2.75) is 6.92 Å². The van der Waals surface area contributed by atoms with Crippen molar-refractivity contribution >= 4 is 51.1 Å². The van der Waals surface area contributed by atoms with Crippen molar-refractivity contribution in [3.63, 3.8) is 0 Å². The van der Waals surface area contributed by atoms with Crippen LogP contribution in [0, 0.1) is 11.7 Å². The van der Waals surface area contributed by atoms with E-state index < -0.39 is 0 Å². The molecule has 0 aliphatic heterocycles. The maximum atomic E-state index is 6.24. The Balaban J connectivity index is 2.28. The summed E-state index contributed by atoms with van der Waals surface area (Å²) in [6.07, 6.45) is 0. The van der Waals surface area contributed by atoms with Gasteiger partial charge >= 0.3 is 0 Å². The topological polar surface area (TPSA) is 33.6 Å². The Hall–Kier alpha value is -0.950. The van der Waals surface area contributed by atoms with Crippen molar-refractivity contribution in [2.24, 2.45) is 0 Å². The fraction of sp³-hybridized carbons (Fsp3) is 0.0769. The molecule has 1 aromatic carbocycles. The summed E-state index contributed by atoms with van der Waals surface area (Å²) in [5, 5.41) is 9.87. The first-order valence-electron chi connectivity index (χ1n) is 5.75. The van der Waals surface area contributed by atoms with Crippen LogP contribution in [-0.2, 0) is 0 Å². The molecule has 2 aromatic heterocycles. The molecule has 0 aliphatic rings. The van der Waals surface area contributed by atoms with Crippen LogP contribution in [0.2, 0.25) is 5.02 Å². The van der Waals surface area contributed by atoms with Gasteiger partial charge in [-0.3, -0.25) is 9.67 Å². The van der Waals surface area contributed by atoms with Gasteiger partial charge in [0.15, 0.2) is 10.6 Å². The smallest absolute Gasteiger partial charge is 0.200 e. The van der Waals surface area contributed by atoms with Crippen LogP contribution >= 0.6 is 51.1 Å². The van der Waals surface area contributed by atoms with Crippen LogP contribution in [0.5, 0.6) is 0 Å². The Bertz CT molecular complexity index is 821. The number of thiophene rings is 1. The van der Waals surface area contributed by atoms with Crippen molar-refractivity contribution < 1.29 is 0 Å². The van der Waals surface area contributed by atoms with Gasteiger partial charge in [-0.1, -0.05) is 17.7 Å². The van der Waals surface area contributed by atoms with Crippen LogP contribution in [0.1, 0.15) is 5.56 Å². The first-order chi connectivity index (χ1) is 9.58. The molecule has 0 bridgehead atoms. The Morgan fingerprint density at radius 2 is 2.25 bits per heavy atom. The first kappa shape index (κ1) is 14.0. The molecule has 0 saturated carbocycles. The summed E-state index contributed by atoms with van der Waals surface area (Å²) in [5.74, 6) is 0.783. The molecule has 3 rings (SSSR count). The van der Waals surface area contributed by atoms with Gasteiger partial charge in [0.05, 0.1) is 10.6 Å². The maximum Gasteiger partial charge on any atom is 0.200 e. The zero-order valence-electron chi connectivity index (χ0n) is 10.4. The van der Waals surface area contributed by atoms with Crippen LogP contribution in [0.25, 0.3) is 16.4 Å². The minimum absolute atomic E-state index is 0.536. The van der Waals surface area contributed by atoms with E-state index in [0.29, 0.717) is 9.79 Å². The van der Waals surface area contributed by atoms with Gasteiger partial charge in [-0.2, -0.15) is 5.10 Å². The van der Waals surface area contributed by atoms with Gasteiger partial charge < -0.3 is 0 Å². The number of rotatable bonds is 2. The summed E-state index contributed by atoms with van der Waals surface area (Å²) >= 11 is 16.8. The number of aromatic nitrogens is 3.